The predicted molar refractivity (Wildman–Crippen MR) is 75.9 cm³/mol. The third-order valence-corrected chi connectivity index (χ3v) is 3.25. The highest BCUT2D eigenvalue weighted by molar-refractivity contribution is 6.08. The van der Waals surface area contributed by atoms with Gasteiger partial charge in [0, 0.05) is 24.3 Å². The molecule has 0 aliphatic rings. The molecule has 3 heteroatoms. The van der Waals surface area contributed by atoms with Gasteiger partial charge in [0.25, 0.3) is 0 Å². The van der Waals surface area contributed by atoms with Gasteiger partial charge in [-0.2, -0.15) is 0 Å². The first-order chi connectivity index (χ1) is 8.83. The number of rotatable bonds is 5. The second-order valence-electron chi connectivity index (χ2n) is 4.60. The normalized spacial score (nSPS) is 10.5. The van der Waals surface area contributed by atoms with Crippen LogP contribution in [0.1, 0.15) is 13.3 Å². The molecule has 0 unspecified atom stereocenters. The quantitative estimate of drug-likeness (QED) is 0.551. The average molecular weight is 240 g/mol. The summed E-state index contributed by atoms with van der Waals surface area (Å²) in [6.07, 6.45) is 11.1. The summed E-state index contributed by atoms with van der Waals surface area (Å²) in [4.78, 5) is 0. The molecule has 0 amide bonds. The number of nitrogens with zero attached hydrogens (tertiary/aromatic N) is 2. The highest BCUT2D eigenvalue weighted by atomic mass is 14.9. The van der Waals surface area contributed by atoms with Gasteiger partial charge in [0.15, 0.2) is 24.8 Å². The van der Waals surface area contributed by atoms with Crippen LogP contribution in [-0.2, 0) is 13.1 Å². The molecule has 92 valence electrons. The molecule has 0 atom stereocenters. The van der Waals surface area contributed by atoms with Crippen molar-refractivity contribution in [2.24, 2.45) is 0 Å². The second kappa shape index (κ2) is 6.34. The lowest BCUT2D eigenvalue weighted by atomic mass is 10.0. The second-order valence-corrected chi connectivity index (χ2v) is 4.60. The minimum atomic E-state index is 1.02. The Morgan fingerprint density at radius 1 is 0.889 bits per heavy atom. The zero-order chi connectivity index (χ0) is 12.8. The first kappa shape index (κ1) is 12.8. The lowest BCUT2D eigenvalue weighted by molar-refractivity contribution is -0.696. The molecule has 0 aliphatic heterocycles. The summed E-state index contributed by atoms with van der Waals surface area (Å²) in [5, 5.41) is 0. The van der Waals surface area contributed by atoms with E-state index in [0.29, 0.717) is 0 Å². The van der Waals surface area contributed by atoms with Crippen LogP contribution in [0.5, 0.6) is 0 Å². The minimum Gasteiger partial charge on any atom is -0.205 e. The van der Waals surface area contributed by atoms with E-state index in [4.69, 9.17) is 0 Å². The Bertz CT molecular complexity index is 477. The van der Waals surface area contributed by atoms with E-state index < -0.39 is 0 Å². The summed E-state index contributed by atoms with van der Waals surface area (Å²) in [6.45, 7) is 4.28. The number of hydrogen-bond donors (Lipinski definition) is 0. The van der Waals surface area contributed by atoms with E-state index in [9.17, 15) is 0 Å². The molecule has 0 saturated heterocycles. The highest BCUT2D eigenvalue weighted by Crippen LogP contribution is 2.15. The van der Waals surface area contributed by atoms with Crippen molar-refractivity contribution >= 4 is 7.85 Å². The molecule has 18 heavy (non-hydrogen) atoms. The van der Waals surface area contributed by atoms with Gasteiger partial charge in [0.1, 0.15) is 20.9 Å². The van der Waals surface area contributed by atoms with E-state index in [1.54, 1.807) is 0 Å². The zero-order valence-corrected chi connectivity index (χ0v) is 11.3. The van der Waals surface area contributed by atoms with E-state index in [2.05, 4.69) is 73.0 Å². The van der Waals surface area contributed by atoms with Crippen molar-refractivity contribution in [3.8, 4) is 11.1 Å². The van der Waals surface area contributed by atoms with Gasteiger partial charge >= 0.3 is 0 Å². The average Bonchev–Trinajstić information content (AvgIpc) is 2.46. The van der Waals surface area contributed by atoms with E-state index in [1.807, 2.05) is 0 Å². The van der Waals surface area contributed by atoms with Gasteiger partial charge in [-0.1, -0.05) is 6.32 Å². The number of pyridine rings is 2. The van der Waals surface area contributed by atoms with Gasteiger partial charge in [-0.15, -0.1) is 0 Å². The molecule has 2 heterocycles. The van der Waals surface area contributed by atoms with Crippen molar-refractivity contribution in [3.05, 3.63) is 49.1 Å². The van der Waals surface area contributed by atoms with Crippen LogP contribution in [0, 0.1) is 0 Å². The molecule has 2 aromatic heterocycles. The molecular formula is C15H21BN2+2. The van der Waals surface area contributed by atoms with E-state index >= 15 is 0 Å². The molecule has 0 fully saturated rings. The molecule has 0 N–H and O–H groups in total. The van der Waals surface area contributed by atoms with Crippen molar-refractivity contribution in [1.29, 1.82) is 0 Å². The molecule has 0 radical (unpaired) electrons. The SMILES string of the molecule is BCCC[n+]1ccc(-c2cc[n+](CC)cc2)cc1. The van der Waals surface area contributed by atoms with Crippen LogP contribution in [0.15, 0.2) is 49.1 Å². The predicted octanol–water partition coefficient (Wildman–Crippen LogP) is 1.39. The molecule has 0 spiro atoms. The van der Waals surface area contributed by atoms with Gasteiger partial charge in [-0.05, 0) is 24.5 Å². The lowest BCUT2D eigenvalue weighted by Crippen LogP contribution is -2.32. The summed E-state index contributed by atoms with van der Waals surface area (Å²) in [5.41, 5.74) is 2.56. The fourth-order valence-electron chi connectivity index (χ4n) is 2.00. The van der Waals surface area contributed by atoms with Crippen molar-refractivity contribution in [2.45, 2.75) is 32.8 Å². The molecule has 0 bridgehead atoms. The summed E-state index contributed by atoms with van der Waals surface area (Å²) in [6, 6.07) is 8.74. The Morgan fingerprint density at radius 2 is 1.39 bits per heavy atom. The Hall–Kier alpha value is -1.64. The maximum atomic E-state index is 2.25. The third-order valence-electron chi connectivity index (χ3n) is 3.25. The molecule has 0 aromatic carbocycles. The van der Waals surface area contributed by atoms with Crippen LogP contribution < -0.4 is 9.13 Å². The maximum Gasteiger partial charge on any atom is 0.169 e. The van der Waals surface area contributed by atoms with Gasteiger partial charge in [-0.25, -0.2) is 9.13 Å². The molecule has 0 aliphatic carbocycles. The Balaban J connectivity index is 2.12. The van der Waals surface area contributed by atoms with Crippen LogP contribution in [-0.4, -0.2) is 7.85 Å². The van der Waals surface area contributed by atoms with Gasteiger partial charge in [0.05, 0.1) is 0 Å². The Kier molecular flexibility index (Phi) is 4.51. The lowest BCUT2D eigenvalue weighted by Gasteiger charge is -2.00. The molecule has 2 aromatic rings. The van der Waals surface area contributed by atoms with E-state index in [1.165, 1.54) is 23.9 Å². The van der Waals surface area contributed by atoms with Gasteiger partial charge < -0.3 is 0 Å². The number of aromatic nitrogens is 2. The third kappa shape index (κ3) is 3.19. The van der Waals surface area contributed by atoms with Crippen molar-refractivity contribution < 1.29 is 9.13 Å². The first-order valence-electron chi connectivity index (χ1n) is 6.82. The topological polar surface area (TPSA) is 7.76 Å². The van der Waals surface area contributed by atoms with Crippen molar-refractivity contribution in [3.63, 3.8) is 0 Å². The summed E-state index contributed by atoms with van der Waals surface area (Å²) >= 11 is 0. The highest BCUT2D eigenvalue weighted by Gasteiger charge is 2.04. The standard InChI is InChI=1S/C15H21BN2/c1-2-17-10-4-14(5-11-17)15-6-12-18(13-7-15)9-3-8-16/h4-7,10-13H,2-3,8-9,16H2,1H3/q+2. The summed E-state index contributed by atoms with van der Waals surface area (Å²) in [5.74, 6) is 0. The largest absolute Gasteiger partial charge is 0.205 e. The van der Waals surface area contributed by atoms with Crippen molar-refractivity contribution in [2.75, 3.05) is 0 Å². The fraction of sp³-hybridized carbons (Fsp3) is 0.333. The van der Waals surface area contributed by atoms with Gasteiger partial charge in [0.2, 0.25) is 0 Å². The van der Waals surface area contributed by atoms with Crippen LogP contribution in [0.25, 0.3) is 11.1 Å². The van der Waals surface area contributed by atoms with Crippen LogP contribution in [0.4, 0.5) is 0 Å². The van der Waals surface area contributed by atoms with E-state index in [-0.39, 0.29) is 0 Å². The van der Waals surface area contributed by atoms with Gasteiger partial charge in [-0.3, -0.25) is 0 Å². The van der Waals surface area contributed by atoms with Crippen LogP contribution in [0.3, 0.4) is 0 Å². The summed E-state index contributed by atoms with van der Waals surface area (Å²) < 4.78 is 4.43. The molecule has 2 nitrogen and oxygen atoms in total. The molecular weight excluding hydrogens is 219 g/mol. The first-order valence-corrected chi connectivity index (χ1v) is 6.82. The Morgan fingerprint density at radius 3 is 1.83 bits per heavy atom. The zero-order valence-electron chi connectivity index (χ0n) is 11.3. The molecule has 2 rings (SSSR count). The van der Waals surface area contributed by atoms with E-state index in [0.717, 1.165) is 13.1 Å². The molecule has 0 saturated carbocycles. The van der Waals surface area contributed by atoms with Crippen LogP contribution in [0.2, 0.25) is 6.32 Å². The Labute approximate surface area is 110 Å². The number of aryl methyl sites for hydroxylation is 2. The summed E-state index contributed by atoms with van der Waals surface area (Å²) in [7, 11) is 2.22. The monoisotopic (exact) mass is 240 g/mol. The smallest absolute Gasteiger partial charge is 0.169 e. The van der Waals surface area contributed by atoms with Crippen molar-refractivity contribution in [1.82, 2.24) is 0 Å². The maximum absolute atomic E-state index is 2.25. The number of hydrogen-bond acceptors (Lipinski definition) is 0. The van der Waals surface area contributed by atoms with Crippen LogP contribution >= 0.6 is 0 Å². The minimum absolute atomic E-state index is 1.02. The fourth-order valence-corrected chi connectivity index (χ4v) is 2.00.